The van der Waals surface area contributed by atoms with Crippen LogP contribution >= 0.6 is 11.8 Å². The molecule has 0 unspecified atom stereocenters. The zero-order valence-corrected chi connectivity index (χ0v) is 34.6. The highest BCUT2D eigenvalue weighted by molar-refractivity contribution is 7.99. The normalized spacial score (nSPS) is 14.6. The minimum Gasteiger partial charge on any atom is -0.456 e. The third-order valence-electron chi connectivity index (χ3n) is 13.7. The Kier molecular flexibility index (Phi) is 7.25. The molecule has 1 aromatic heterocycles. The summed E-state index contributed by atoms with van der Waals surface area (Å²) in [6.07, 6.45) is 0. The average Bonchev–Trinajstić information content (AvgIpc) is 3.91. The van der Waals surface area contributed by atoms with E-state index in [2.05, 4.69) is 213 Å². The van der Waals surface area contributed by atoms with Crippen molar-refractivity contribution in [3.63, 3.8) is 0 Å². The van der Waals surface area contributed by atoms with Gasteiger partial charge in [0.15, 0.2) is 0 Å². The summed E-state index contributed by atoms with van der Waals surface area (Å²) in [5.41, 5.74) is 20.2. The van der Waals surface area contributed by atoms with Gasteiger partial charge in [-0.15, -0.1) is 0 Å². The lowest BCUT2D eigenvalue weighted by Crippen LogP contribution is -2.32. The lowest BCUT2D eigenvalue weighted by Gasteiger charge is -2.40. The molecule has 0 radical (unpaired) electrons. The second-order valence-corrected chi connectivity index (χ2v) is 18.3. The molecule has 2 nitrogen and oxygen atoms in total. The van der Waals surface area contributed by atoms with Gasteiger partial charge in [0.1, 0.15) is 11.2 Å². The monoisotopic (exact) mass is 797 g/mol. The molecule has 9 aromatic carbocycles. The number of nitrogens with zero attached hydrogens (tertiary/aromatic N) is 1. The van der Waals surface area contributed by atoms with E-state index in [1.54, 1.807) is 0 Å². The molecule has 0 N–H and O–H groups in total. The van der Waals surface area contributed by atoms with Crippen LogP contribution < -0.4 is 4.90 Å². The van der Waals surface area contributed by atoms with Crippen molar-refractivity contribution in [2.24, 2.45) is 0 Å². The predicted octanol–water partition coefficient (Wildman–Crippen LogP) is 15.9. The Morgan fingerprint density at radius 3 is 1.72 bits per heavy atom. The summed E-state index contributed by atoms with van der Waals surface area (Å²) in [4.78, 5) is 5.08. The SMILES string of the molecule is CC1(C)c2ccccc2-c2ccc(N(c3cccc(-c4cccc5oc6ccccc6c45)c3)c3ccc4c(c3)C3(c5ccccc5S4)c4ccccc4-c4ccccc43)cc21. The molecule has 288 valence electrons. The first-order valence-corrected chi connectivity index (χ1v) is 22.0. The quantitative estimate of drug-likeness (QED) is 0.176. The summed E-state index contributed by atoms with van der Waals surface area (Å²) in [7, 11) is 0. The average molecular weight is 798 g/mol. The highest BCUT2D eigenvalue weighted by atomic mass is 32.2. The molecule has 3 aliphatic rings. The molecule has 2 aliphatic carbocycles. The lowest BCUT2D eigenvalue weighted by molar-refractivity contribution is 0.660. The van der Waals surface area contributed by atoms with Gasteiger partial charge >= 0.3 is 0 Å². The van der Waals surface area contributed by atoms with Crippen LogP contribution in [-0.2, 0) is 10.8 Å². The first-order chi connectivity index (χ1) is 30.0. The molecule has 1 aliphatic heterocycles. The molecule has 2 heterocycles. The minimum atomic E-state index is -0.479. The zero-order valence-electron chi connectivity index (χ0n) is 33.8. The molecule has 3 heteroatoms. The zero-order chi connectivity index (χ0) is 40.5. The standard InChI is InChI=1S/C58H39NOS/c1-57(2)46-22-7-3-17-41(46)44-31-29-38(34-50(44)57)59(37-16-13-15-36(33-37)40-21-14-27-53-56(40)45-20-6-11-26-52(45)60-53)39-30-32-55-51(35-39)58(49-25-10-12-28-54(49)61-55)47-23-8-4-18-42(47)43-19-5-9-24-48(43)58/h3-35H,1-2H3. The molecule has 0 fully saturated rings. The second-order valence-electron chi connectivity index (χ2n) is 17.2. The molecule has 1 spiro atoms. The summed E-state index contributed by atoms with van der Waals surface area (Å²) < 4.78 is 6.38. The van der Waals surface area contributed by atoms with Gasteiger partial charge in [-0.1, -0.05) is 165 Å². The maximum absolute atomic E-state index is 6.38. The smallest absolute Gasteiger partial charge is 0.136 e. The molecule has 13 rings (SSSR count). The molecule has 0 saturated carbocycles. The summed E-state index contributed by atoms with van der Waals surface area (Å²) in [6, 6.07) is 74.3. The number of furan rings is 1. The van der Waals surface area contributed by atoms with Gasteiger partial charge in [-0.25, -0.2) is 0 Å². The minimum absolute atomic E-state index is 0.148. The lowest BCUT2D eigenvalue weighted by atomic mass is 9.67. The first kappa shape index (κ1) is 34.8. The van der Waals surface area contributed by atoms with E-state index in [-0.39, 0.29) is 5.41 Å². The Labute approximate surface area is 359 Å². The predicted molar refractivity (Wildman–Crippen MR) is 253 cm³/mol. The van der Waals surface area contributed by atoms with Crippen molar-refractivity contribution in [3.05, 3.63) is 234 Å². The largest absolute Gasteiger partial charge is 0.456 e. The molecule has 0 saturated heterocycles. The van der Waals surface area contributed by atoms with Crippen LogP contribution in [0.4, 0.5) is 17.1 Å². The maximum Gasteiger partial charge on any atom is 0.136 e. The van der Waals surface area contributed by atoms with Gasteiger partial charge in [0.25, 0.3) is 0 Å². The van der Waals surface area contributed by atoms with Crippen LogP contribution in [0.1, 0.15) is 47.2 Å². The molecule has 0 atom stereocenters. The van der Waals surface area contributed by atoms with E-state index >= 15 is 0 Å². The van der Waals surface area contributed by atoms with Crippen LogP contribution in [0.15, 0.2) is 214 Å². The summed E-state index contributed by atoms with van der Waals surface area (Å²) in [5.74, 6) is 0. The van der Waals surface area contributed by atoms with E-state index in [9.17, 15) is 0 Å². The maximum atomic E-state index is 6.38. The van der Waals surface area contributed by atoms with Crippen molar-refractivity contribution in [2.45, 2.75) is 34.5 Å². The number of rotatable bonds is 4. The van der Waals surface area contributed by atoms with Crippen LogP contribution in [0.5, 0.6) is 0 Å². The highest BCUT2D eigenvalue weighted by Crippen LogP contribution is 2.63. The van der Waals surface area contributed by atoms with Crippen molar-refractivity contribution in [3.8, 4) is 33.4 Å². The molecular weight excluding hydrogens is 759 g/mol. The summed E-state index contributed by atoms with van der Waals surface area (Å²) >= 11 is 1.89. The fraction of sp³-hybridized carbons (Fsp3) is 0.0690. The van der Waals surface area contributed by atoms with Crippen LogP contribution in [-0.4, -0.2) is 0 Å². The van der Waals surface area contributed by atoms with E-state index < -0.39 is 5.41 Å². The Morgan fingerprint density at radius 2 is 0.934 bits per heavy atom. The van der Waals surface area contributed by atoms with E-state index in [4.69, 9.17) is 4.42 Å². The third-order valence-corrected chi connectivity index (χ3v) is 14.9. The van der Waals surface area contributed by atoms with Crippen molar-refractivity contribution in [1.82, 2.24) is 0 Å². The number of anilines is 3. The van der Waals surface area contributed by atoms with Gasteiger partial charge in [0.05, 0.1) is 5.41 Å². The molecule has 0 bridgehead atoms. The fourth-order valence-corrected chi connectivity index (χ4v) is 12.3. The van der Waals surface area contributed by atoms with Gasteiger partial charge in [-0.3, -0.25) is 0 Å². The van der Waals surface area contributed by atoms with E-state index in [0.717, 1.165) is 50.1 Å². The summed E-state index contributed by atoms with van der Waals surface area (Å²) in [6.45, 7) is 4.74. The fourth-order valence-electron chi connectivity index (χ4n) is 11.1. The van der Waals surface area contributed by atoms with Crippen molar-refractivity contribution in [1.29, 1.82) is 0 Å². The second kappa shape index (κ2) is 12.7. The Balaban J connectivity index is 1.07. The first-order valence-electron chi connectivity index (χ1n) is 21.2. The van der Waals surface area contributed by atoms with Crippen LogP contribution in [0.2, 0.25) is 0 Å². The number of fused-ring (bicyclic) bond motifs is 15. The van der Waals surface area contributed by atoms with Gasteiger partial charge in [0, 0.05) is 43.0 Å². The molecule has 61 heavy (non-hydrogen) atoms. The van der Waals surface area contributed by atoms with Gasteiger partial charge < -0.3 is 9.32 Å². The van der Waals surface area contributed by atoms with Crippen LogP contribution in [0.25, 0.3) is 55.3 Å². The Bertz CT molecular complexity index is 3420. The topological polar surface area (TPSA) is 16.4 Å². The van der Waals surface area contributed by atoms with E-state index in [1.165, 1.54) is 65.4 Å². The molecule has 0 amide bonds. The van der Waals surface area contributed by atoms with Crippen molar-refractivity contribution < 1.29 is 4.42 Å². The van der Waals surface area contributed by atoms with Gasteiger partial charge in [-0.2, -0.15) is 0 Å². The molecule has 10 aromatic rings. The van der Waals surface area contributed by atoms with E-state index in [1.807, 2.05) is 17.8 Å². The molecular formula is C58H39NOS. The van der Waals surface area contributed by atoms with Crippen molar-refractivity contribution in [2.75, 3.05) is 4.90 Å². The van der Waals surface area contributed by atoms with Gasteiger partial charge in [-0.05, 0) is 127 Å². The van der Waals surface area contributed by atoms with Crippen LogP contribution in [0, 0.1) is 0 Å². The van der Waals surface area contributed by atoms with Gasteiger partial charge in [0.2, 0.25) is 0 Å². The third kappa shape index (κ3) is 4.75. The summed E-state index contributed by atoms with van der Waals surface area (Å²) in [5, 5.41) is 2.27. The Morgan fingerprint density at radius 1 is 0.393 bits per heavy atom. The number of hydrogen-bond acceptors (Lipinski definition) is 3. The number of hydrogen-bond donors (Lipinski definition) is 0. The van der Waals surface area contributed by atoms with Crippen molar-refractivity contribution >= 4 is 50.8 Å². The Hall–Kier alpha value is -7.07. The van der Waals surface area contributed by atoms with E-state index in [0.29, 0.717) is 0 Å². The number of para-hydroxylation sites is 1. The van der Waals surface area contributed by atoms with Crippen LogP contribution in [0.3, 0.4) is 0 Å². The number of benzene rings is 9. The highest BCUT2D eigenvalue weighted by Gasteiger charge is 2.50.